The maximum atomic E-state index is 12.0. The number of carbonyl (C=O) groups excluding carboxylic acids is 1. The van der Waals surface area contributed by atoms with Crippen molar-refractivity contribution in [3.8, 4) is 5.69 Å². The maximum absolute atomic E-state index is 12.0. The average molecular weight is 421 g/mol. The third-order valence-electron chi connectivity index (χ3n) is 5.32. The molecule has 4 rings (SSSR count). The fourth-order valence-corrected chi connectivity index (χ4v) is 4.46. The van der Waals surface area contributed by atoms with Crippen molar-refractivity contribution in [1.29, 1.82) is 0 Å². The number of methoxy groups -OCH3 is 1. The van der Waals surface area contributed by atoms with Crippen molar-refractivity contribution in [3.63, 3.8) is 0 Å². The van der Waals surface area contributed by atoms with Gasteiger partial charge in [0.2, 0.25) is 0 Å². The summed E-state index contributed by atoms with van der Waals surface area (Å²) in [5, 5.41) is 4.17. The predicted molar refractivity (Wildman–Crippen MR) is 120 cm³/mol. The Morgan fingerprint density at radius 3 is 2.70 bits per heavy atom. The molecule has 0 bridgehead atoms. The van der Waals surface area contributed by atoms with Crippen LogP contribution in [0.5, 0.6) is 0 Å². The van der Waals surface area contributed by atoms with E-state index in [1.54, 1.807) is 12.3 Å². The lowest BCUT2D eigenvalue weighted by molar-refractivity contribution is 0.0600. The number of carbonyl (C=O) groups is 1. The Balaban J connectivity index is 1.82. The van der Waals surface area contributed by atoms with Gasteiger partial charge >= 0.3 is 5.97 Å². The fraction of sp³-hybridized carbons (Fsp3) is 0.261. The number of benzene rings is 1. The largest absolute Gasteiger partial charge is 0.465 e. The monoisotopic (exact) mass is 420 g/mol. The van der Waals surface area contributed by atoms with E-state index < -0.39 is 0 Å². The first-order chi connectivity index (χ1) is 14.5. The van der Waals surface area contributed by atoms with Gasteiger partial charge in [0.15, 0.2) is 5.11 Å². The topological polar surface area (TPSA) is 59.4 Å². The minimum atomic E-state index is -0.357. The second-order valence-electron chi connectivity index (χ2n) is 7.47. The summed E-state index contributed by atoms with van der Waals surface area (Å²) in [5.74, 6) is -0.357. The molecule has 0 saturated carbocycles. The van der Waals surface area contributed by atoms with Gasteiger partial charge in [-0.1, -0.05) is 12.1 Å². The van der Waals surface area contributed by atoms with E-state index in [0.717, 1.165) is 17.1 Å². The van der Waals surface area contributed by atoms with Crippen molar-refractivity contribution in [1.82, 2.24) is 19.8 Å². The Kier molecular flexibility index (Phi) is 5.55. The lowest BCUT2D eigenvalue weighted by Crippen LogP contribution is -2.36. The molecule has 30 heavy (non-hydrogen) atoms. The maximum Gasteiger partial charge on any atom is 0.337 e. The van der Waals surface area contributed by atoms with Crippen LogP contribution in [-0.2, 0) is 4.74 Å². The minimum absolute atomic E-state index is 0.0517. The second-order valence-corrected chi connectivity index (χ2v) is 7.86. The van der Waals surface area contributed by atoms with Crippen LogP contribution in [0.1, 0.15) is 47.7 Å². The summed E-state index contributed by atoms with van der Waals surface area (Å²) >= 11 is 5.69. The molecule has 1 aliphatic heterocycles. The number of thiocarbonyl (C=S) groups is 1. The number of nitrogens with one attached hydrogen (secondary N) is 1. The molecule has 3 heterocycles. The van der Waals surface area contributed by atoms with Gasteiger partial charge in [-0.05, 0) is 68.5 Å². The standard InChI is InChI=1S/C23H24N4O2S/c1-15(2)27-21(20(25-23(27)30)18-10-4-5-12-24-18)19-11-7-13-26(19)17-9-6-8-16(14-17)22(28)29-3/h4-15,20-21H,1-3H3,(H,25,30). The highest BCUT2D eigenvalue weighted by Gasteiger charge is 2.42. The van der Waals surface area contributed by atoms with Gasteiger partial charge in [0.25, 0.3) is 0 Å². The molecule has 7 heteroatoms. The van der Waals surface area contributed by atoms with Gasteiger partial charge in [-0.15, -0.1) is 0 Å². The number of nitrogens with zero attached hydrogens (tertiary/aromatic N) is 3. The number of aromatic nitrogens is 2. The lowest BCUT2D eigenvalue weighted by Gasteiger charge is -2.31. The van der Waals surface area contributed by atoms with Crippen LogP contribution < -0.4 is 5.32 Å². The van der Waals surface area contributed by atoms with Gasteiger partial charge < -0.3 is 19.5 Å². The first kappa shape index (κ1) is 20.1. The highest BCUT2D eigenvalue weighted by molar-refractivity contribution is 7.80. The molecule has 0 aliphatic carbocycles. The van der Waals surface area contributed by atoms with Crippen LogP contribution in [0.2, 0.25) is 0 Å². The van der Waals surface area contributed by atoms with Gasteiger partial charge in [-0.25, -0.2) is 4.79 Å². The molecule has 3 aromatic rings. The van der Waals surface area contributed by atoms with Crippen molar-refractivity contribution >= 4 is 23.3 Å². The molecule has 154 valence electrons. The molecule has 2 unspecified atom stereocenters. The van der Waals surface area contributed by atoms with Gasteiger partial charge in [-0.2, -0.15) is 0 Å². The number of esters is 1. The van der Waals surface area contributed by atoms with Crippen LogP contribution in [0.25, 0.3) is 5.69 Å². The van der Waals surface area contributed by atoms with Crippen molar-refractivity contribution in [2.24, 2.45) is 0 Å². The van der Waals surface area contributed by atoms with E-state index in [1.807, 2.05) is 48.7 Å². The van der Waals surface area contributed by atoms with E-state index in [0.29, 0.717) is 10.7 Å². The number of hydrogen-bond acceptors (Lipinski definition) is 4. The number of rotatable bonds is 5. The van der Waals surface area contributed by atoms with E-state index >= 15 is 0 Å². The number of ether oxygens (including phenoxy) is 1. The molecular weight excluding hydrogens is 396 g/mol. The summed E-state index contributed by atoms with van der Waals surface area (Å²) in [4.78, 5) is 18.8. The van der Waals surface area contributed by atoms with Gasteiger partial charge in [-0.3, -0.25) is 4.98 Å². The Labute approximate surface area is 181 Å². The molecular formula is C23H24N4O2S. The van der Waals surface area contributed by atoms with Crippen LogP contribution in [-0.4, -0.2) is 38.7 Å². The van der Waals surface area contributed by atoms with E-state index in [1.165, 1.54) is 7.11 Å². The van der Waals surface area contributed by atoms with Crippen LogP contribution in [0.4, 0.5) is 0 Å². The summed E-state index contributed by atoms with van der Waals surface area (Å²) in [6, 6.07) is 17.5. The zero-order valence-corrected chi connectivity index (χ0v) is 18.0. The third kappa shape index (κ3) is 3.57. The fourth-order valence-electron chi connectivity index (χ4n) is 4.01. The highest BCUT2D eigenvalue weighted by Crippen LogP contribution is 2.40. The van der Waals surface area contributed by atoms with E-state index in [9.17, 15) is 4.79 Å². The summed E-state index contributed by atoms with van der Waals surface area (Å²) in [5.41, 5.74) is 3.40. The van der Waals surface area contributed by atoms with Crippen LogP contribution in [0.3, 0.4) is 0 Å². The smallest absolute Gasteiger partial charge is 0.337 e. The quantitative estimate of drug-likeness (QED) is 0.497. The average Bonchev–Trinajstić information content (AvgIpc) is 3.38. The molecule has 1 fully saturated rings. The summed E-state index contributed by atoms with van der Waals surface area (Å²) < 4.78 is 6.98. The van der Waals surface area contributed by atoms with Crippen molar-refractivity contribution in [2.45, 2.75) is 32.0 Å². The molecule has 2 atom stereocenters. The van der Waals surface area contributed by atoms with Crippen LogP contribution >= 0.6 is 12.2 Å². The molecule has 1 N–H and O–H groups in total. The second kappa shape index (κ2) is 8.28. The summed E-state index contributed by atoms with van der Waals surface area (Å²) in [6.07, 6.45) is 3.80. The first-order valence-corrected chi connectivity index (χ1v) is 10.3. The van der Waals surface area contributed by atoms with Gasteiger partial charge in [0.1, 0.15) is 0 Å². The zero-order chi connectivity index (χ0) is 21.3. The summed E-state index contributed by atoms with van der Waals surface area (Å²) in [6.45, 7) is 4.26. The molecule has 1 aliphatic rings. The van der Waals surface area contributed by atoms with Gasteiger partial charge in [0, 0.05) is 29.8 Å². The zero-order valence-electron chi connectivity index (χ0n) is 17.1. The van der Waals surface area contributed by atoms with Crippen LogP contribution in [0, 0.1) is 0 Å². The molecule has 1 saturated heterocycles. The third-order valence-corrected chi connectivity index (χ3v) is 5.65. The normalized spacial score (nSPS) is 18.5. The summed E-state index contributed by atoms with van der Waals surface area (Å²) in [7, 11) is 1.39. The Morgan fingerprint density at radius 2 is 2.00 bits per heavy atom. The SMILES string of the molecule is COC(=O)c1cccc(-n2cccc2C2C(c3ccccn3)NC(=S)N2C(C)C)c1. The Bertz CT molecular complexity index is 1060. The molecule has 0 spiro atoms. The molecule has 0 amide bonds. The van der Waals surface area contributed by atoms with E-state index in [2.05, 4.69) is 39.7 Å². The molecule has 2 aromatic heterocycles. The minimum Gasteiger partial charge on any atom is -0.465 e. The van der Waals surface area contributed by atoms with Crippen molar-refractivity contribution < 1.29 is 9.53 Å². The number of hydrogen-bond donors (Lipinski definition) is 1. The first-order valence-electron chi connectivity index (χ1n) is 9.87. The van der Waals surface area contributed by atoms with E-state index in [4.69, 9.17) is 17.0 Å². The van der Waals surface area contributed by atoms with Crippen molar-refractivity contribution in [3.05, 3.63) is 83.9 Å². The predicted octanol–water partition coefficient (Wildman–Crippen LogP) is 4.04. The van der Waals surface area contributed by atoms with Gasteiger partial charge in [0.05, 0.1) is 30.5 Å². The molecule has 0 radical (unpaired) electrons. The Hall–Kier alpha value is -3.19. The lowest BCUT2D eigenvalue weighted by atomic mass is 10.00. The number of pyridine rings is 1. The molecule has 1 aromatic carbocycles. The van der Waals surface area contributed by atoms with E-state index in [-0.39, 0.29) is 24.1 Å². The molecule has 6 nitrogen and oxygen atoms in total. The highest BCUT2D eigenvalue weighted by atomic mass is 32.1. The Morgan fingerprint density at radius 1 is 1.17 bits per heavy atom. The van der Waals surface area contributed by atoms with Crippen molar-refractivity contribution in [2.75, 3.05) is 7.11 Å². The van der Waals surface area contributed by atoms with Crippen LogP contribution in [0.15, 0.2) is 67.0 Å².